The van der Waals surface area contributed by atoms with Crippen LogP contribution in [0.5, 0.6) is 0 Å². The highest BCUT2D eigenvalue weighted by molar-refractivity contribution is 7.17. The van der Waals surface area contributed by atoms with Crippen molar-refractivity contribution in [1.29, 1.82) is 0 Å². The van der Waals surface area contributed by atoms with E-state index in [9.17, 15) is 4.79 Å². The zero-order valence-corrected chi connectivity index (χ0v) is 14.5. The van der Waals surface area contributed by atoms with Crippen LogP contribution in [0.1, 0.15) is 28.3 Å². The van der Waals surface area contributed by atoms with Gasteiger partial charge in [0.1, 0.15) is 11.5 Å². The number of carbonyl (C=O) groups is 1. The van der Waals surface area contributed by atoms with Crippen molar-refractivity contribution in [3.63, 3.8) is 0 Å². The summed E-state index contributed by atoms with van der Waals surface area (Å²) in [5, 5.41) is 0. The van der Waals surface area contributed by atoms with Crippen LogP contribution in [-0.4, -0.2) is 43.4 Å². The van der Waals surface area contributed by atoms with E-state index in [1.165, 1.54) is 11.3 Å². The largest absolute Gasteiger partial charge is 0.461 e. The molecular weight excluding hydrogens is 326 g/mol. The summed E-state index contributed by atoms with van der Waals surface area (Å²) in [4.78, 5) is 16.4. The molecule has 24 heavy (non-hydrogen) atoms. The topological polar surface area (TPSA) is 51.9 Å². The lowest BCUT2D eigenvalue weighted by molar-refractivity contribution is -0.0955. The predicted molar refractivity (Wildman–Crippen MR) is 91.1 cm³/mol. The SMILES string of the molecule is Cc1ccc(-c2ccc(C(=O)N3CCC(C4OCCO4)CC3)s2)o1. The molecule has 2 aliphatic rings. The fraction of sp³-hybridized carbons (Fsp3) is 0.500. The van der Waals surface area contributed by atoms with E-state index < -0.39 is 0 Å². The van der Waals surface area contributed by atoms with E-state index in [0.29, 0.717) is 19.1 Å². The Kier molecular flexibility index (Phi) is 4.43. The standard InChI is InChI=1S/C18H21NO4S/c1-12-2-3-14(23-12)15-4-5-16(24-15)17(20)19-8-6-13(7-9-19)18-21-10-11-22-18/h2-5,13,18H,6-11H2,1H3. The smallest absolute Gasteiger partial charge is 0.263 e. The van der Waals surface area contributed by atoms with Gasteiger partial charge in [0.2, 0.25) is 0 Å². The van der Waals surface area contributed by atoms with Gasteiger partial charge in [0.15, 0.2) is 6.29 Å². The Morgan fingerprint density at radius 1 is 1.12 bits per heavy atom. The van der Waals surface area contributed by atoms with E-state index in [4.69, 9.17) is 13.9 Å². The molecule has 6 heteroatoms. The van der Waals surface area contributed by atoms with Gasteiger partial charge in [-0.1, -0.05) is 0 Å². The first kappa shape index (κ1) is 15.9. The van der Waals surface area contributed by atoms with Crippen LogP contribution in [0.4, 0.5) is 0 Å². The molecule has 2 aromatic rings. The third kappa shape index (κ3) is 3.14. The van der Waals surface area contributed by atoms with E-state index in [2.05, 4.69) is 0 Å². The zero-order chi connectivity index (χ0) is 16.5. The molecular formula is C18H21NO4S. The molecule has 0 aliphatic carbocycles. The van der Waals surface area contributed by atoms with E-state index in [0.717, 1.165) is 47.2 Å². The van der Waals surface area contributed by atoms with Gasteiger partial charge in [-0.15, -0.1) is 11.3 Å². The number of thiophene rings is 1. The molecule has 0 N–H and O–H groups in total. The van der Waals surface area contributed by atoms with Gasteiger partial charge in [-0.05, 0) is 44.0 Å². The van der Waals surface area contributed by atoms with Gasteiger partial charge in [-0.25, -0.2) is 0 Å². The van der Waals surface area contributed by atoms with E-state index in [1.54, 1.807) is 0 Å². The molecule has 2 fully saturated rings. The number of likely N-dealkylation sites (tertiary alicyclic amines) is 1. The summed E-state index contributed by atoms with van der Waals surface area (Å²) in [5.41, 5.74) is 0. The van der Waals surface area contributed by atoms with Crippen molar-refractivity contribution < 1.29 is 18.7 Å². The molecule has 2 aromatic heterocycles. The predicted octanol–water partition coefficient (Wildman–Crippen LogP) is 3.54. The molecule has 0 bridgehead atoms. The fourth-order valence-electron chi connectivity index (χ4n) is 3.33. The van der Waals surface area contributed by atoms with Gasteiger partial charge in [-0.2, -0.15) is 0 Å². The number of amides is 1. The van der Waals surface area contributed by atoms with Crippen LogP contribution in [0, 0.1) is 12.8 Å². The first-order valence-corrected chi connectivity index (χ1v) is 9.21. The third-order valence-electron chi connectivity index (χ3n) is 4.66. The molecule has 4 rings (SSSR count). The minimum absolute atomic E-state index is 0.0715. The summed E-state index contributed by atoms with van der Waals surface area (Å²) in [6.07, 6.45) is 1.80. The third-order valence-corrected chi connectivity index (χ3v) is 5.75. The van der Waals surface area contributed by atoms with Crippen LogP contribution in [-0.2, 0) is 9.47 Å². The summed E-state index contributed by atoms with van der Waals surface area (Å²) in [6, 6.07) is 7.75. The summed E-state index contributed by atoms with van der Waals surface area (Å²) in [7, 11) is 0. The normalized spacial score (nSPS) is 20.0. The van der Waals surface area contributed by atoms with Crippen LogP contribution in [0.25, 0.3) is 10.6 Å². The minimum Gasteiger partial charge on any atom is -0.461 e. The number of rotatable bonds is 3. The molecule has 0 aromatic carbocycles. The van der Waals surface area contributed by atoms with E-state index in [-0.39, 0.29) is 12.2 Å². The number of hydrogen-bond acceptors (Lipinski definition) is 5. The van der Waals surface area contributed by atoms with Crippen molar-refractivity contribution in [2.75, 3.05) is 26.3 Å². The highest BCUT2D eigenvalue weighted by Gasteiger charge is 2.32. The summed E-state index contributed by atoms with van der Waals surface area (Å²) in [5.74, 6) is 2.22. The first-order chi connectivity index (χ1) is 11.7. The highest BCUT2D eigenvalue weighted by Crippen LogP contribution is 2.32. The quantitative estimate of drug-likeness (QED) is 0.852. The number of furan rings is 1. The van der Waals surface area contributed by atoms with Crippen LogP contribution >= 0.6 is 11.3 Å². The maximum absolute atomic E-state index is 12.7. The van der Waals surface area contributed by atoms with Crippen LogP contribution in [0.3, 0.4) is 0 Å². The molecule has 5 nitrogen and oxygen atoms in total. The summed E-state index contributed by atoms with van der Waals surface area (Å²) < 4.78 is 16.8. The average Bonchev–Trinajstić information content (AvgIpc) is 3.35. The zero-order valence-electron chi connectivity index (χ0n) is 13.7. The van der Waals surface area contributed by atoms with Gasteiger partial charge in [-0.3, -0.25) is 4.79 Å². The first-order valence-electron chi connectivity index (χ1n) is 8.40. The molecule has 1 amide bonds. The molecule has 0 atom stereocenters. The van der Waals surface area contributed by atoms with Gasteiger partial charge in [0.25, 0.3) is 5.91 Å². The molecule has 0 unspecified atom stereocenters. The maximum Gasteiger partial charge on any atom is 0.263 e. The number of nitrogens with zero attached hydrogens (tertiary/aromatic N) is 1. The lowest BCUT2D eigenvalue weighted by Gasteiger charge is -2.33. The van der Waals surface area contributed by atoms with E-state index >= 15 is 0 Å². The summed E-state index contributed by atoms with van der Waals surface area (Å²) in [6.45, 7) is 4.83. The van der Waals surface area contributed by atoms with Crippen LogP contribution in [0.15, 0.2) is 28.7 Å². The van der Waals surface area contributed by atoms with Crippen molar-refractivity contribution in [2.45, 2.75) is 26.1 Å². The second-order valence-electron chi connectivity index (χ2n) is 6.31. The number of hydrogen-bond donors (Lipinski definition) is 0. The number of piperidine rings is 1. The number of aryl methyl sites for hydroxylation is 1. The Morgan fingerprint density at radius 3 is 2.54 bits per heavy atom. The van der Waals surface area contributed by atoms with Crippen molar-refractivity contribution in [2.24, 2.45) is 5.92 Å². The molecule has 2 saturated heterocycles. The number of carbonyl (C=O) groups excluding carboxylic acids is 1. The van der Waals surface area contributed by atoms with Crippen molar-refractivity contribution in [3.05, 3.63) is 34.9 Å². The van der Waals surface area contributed by atoms with Gasteiger partial charge in [0.05, 0.1) is 23.0 Å². The Labute approximate surface area is 145 Å². The molecule has 2 aliphatic heterocycles. The molecule has 0 radical (unpaired) electrons. The Balaban J connectivity index is 1.39. The van der Waals surface area contributed by atoms with Gasteiger partial charge < -0.3 is 18.8 Å². The molecule has 128 valence electrons. The lowest BCUT2D eigenvalue weighted by Crippen LogP contribution is -2.41. The van der Waals surface area contributed by atoms with Gasteiger partial charge in [0, 0.05) is 19.0 Å². The van der Waals surface area contributed by atoms with Gasteiger partial charge >= 0.3 is 0 Å². The Hall–Kier alpha value is -1.63. The molecule has 4 heterocycles. The number of ether oxygens (including phenoxy) is 2. The second kappa shape index (κ2) is 6.70. The molecule has 0 spiro atoms. The van der Waals surface area contributed by atoms with Crippen molar-refractivity contribution in [1.82, 2.24) is 4.90 Å². The molecule has 0 saturated carbocycles. The Morgan fingerprint density at radius 2 is 1.88 bits per heavy atom. The van der Waals surface area contributed by atoms with E-state index in [1.807, 2.05) is 36.1 Å². The van der Waals surface area contributed by atoms with Crippen molar-refractivity contribution in [3.8, 4) is 10.6 Å². The van der Waals surface area contributed by atoms with Crippen LogP contribution in [0.2, 0.25) is 0 Å². The highest BCUT2D eigenvalue weighted by atomic mass is 32.1. The Bertz CT molecular complexity index is 708. The monoisotopic (exact) mass is 347 g/mol. The second-order valence-corrected chi connectivity index (χ2v) is 7.40. The maximum atomic E-state index is 12.7. The minimum atomic E-state index is -0.0715. The lowest BCUT2D eigenvalue weighted by atomic mass is 9.96. The summed E-state index contributed by atoms with van der Waals surface area (Å²) >= 11 is 1.49. The fourth-order valence-corrected chi connectivity index (χ4v) is 4.27. The average molecular weight is 347 g/mol. The van der Waals surface area contributed by atoms with Crippen molar-refractivity contribution >= 4 is 17.2 Å². The van der Waals surface area contributed by atoms with Crippen LogP contribution < -0.4 is 0 Å².